The van der Waals surface area contributed by atoms with Gasteiger partial charge in [0.1, 0.15) is 5.69 Å². The summed E-state index contributed by atoms with van der Waals surface area (Å²) in [5.41, 5.74) is 0.0869. The molecule has 1 aliphatic rings. The normalized spacial score (nSPS) is 13.7. The molecule has 8 nitrogen and oxygen atoms in total. The maximum absolute atomic E-state index is 12.6. The minimum absolute atomic E-state index is 0.0697. The lowest BCUT2D eigenvalue weighted by Gasteiger charge is -2.28. The van der Waals surface area contributed by atoms with Gasteiger partial charge in [-0.1, -0.05) is 0 Å². The Morgan fingerprint density at radius 3 is 2.79 bits per heavy atom. The molecule has 0 unspecified atom stereocenters. The fourth-order valence-electron chi connectivity index (χ4n) is 2.45. The minimum atomic E-state index is -2.73. The summed E-state index contributed by atoms with van der Waals surface area (Å²) in [7, 11) is 0. The SMILES string of the molecule is O=C(O)c1ncn2c1CN(C(=O)Nc1ccnc(C(F)F)c1)CC2. The summed E-state index contributed by atoms with van der Waals surface area (Å²) in [6.07, 6.45) is -0.124. The quantitative estimate of drug-likeness (QED) is 0.892. The lowest BCUT2D eigenvalue weighted by Crippen LogP contribution is -2.41. The van der Waals surface area contributed by atoms with Crippen LogP contribution in [0.3, 0.4) is 0 Å². The number of urea groups is 1. The Morgan fingerprint density at radius 2 is 2.08 bits per heavy atom. The zero-order valence-electron chi connectivity index (χ0n) is 12.3. The van der Waals surface area contributed by atoms with Gasteiger partial charge in [0.05, 0.1) is 18.6 Å². The topological polar surface area (TPSA) is 100 Å². The molecule has 0 aromatic carbocycles. The van der Waals surface area contributed by atoms with Crippen LogP contribution in [0.1, 0.15) is 28.3 Å². The summed E-state index contributed by atoms with van der Waals surface area (Å²) in [6.45, 7) is 0.822. The van der Waals surface area contributed by atoms with Gasteiger partial charge in [-0.2, -0.15) is 0 Å². The Bertz CT molecular complexity index is 792. The number of alkyl halides is 2. The third kappa shape index (κ3) is 3.03. The molecule has 10 heteroatoms. The van der Waals surface area contributed by atoms with Crippen LogP contribution in [0, 0.1) is 0 Å². The molecule has 0 saturated carbocycles. The van der Waals surface area contributed by atoms with Crippen molar-refractivity contribution in [2.45, 2.75) is 19.5 Å². The molecule has 0 radical (unpaired) electrons. The number of fused-ring (bicyclic) bond motifs is 1. The van der Waals surface area contributed by atoms with Gasteiger partial charge in [0.2, 0.25) is 0 Å². The van der Waals surface area contributed by atoms with Crippen LogP contribution in [0.4, 0.5) is 19.3 Å². The van der Waals surface area contributed by atoms with Gasteiger partial charge < -0.3 is 19.9 Å². The maximum Gasteiger partial charge on any atom is 0.356 e. The van der Waals surface area contributed by atoms with Crippen molar-refractivity contribution in [3.05, 3.63) is 41.7 Å². The second-order valence-electron chi connectivity index (χ2n) is 5.16. The summed E-state index contributed by atoms with van der Waals surface area (Å²) in [5.74, 6) is -1.17. The number of hydrogen-bond acceptors (Lipinski definition) is 4. The number of carbonyl (C=O) groups excluding carboxylic acids is 1. The molecule has 0 aliphatic carbocycles. The predicted octanol–water partition coefficient (Wildman–Crippen LogP) is 1.96. The molecule has 0 saturated heterocycles. The summed E-state index contributed by atoms with van der Waals surface area (Å²) in [5, 5.41) is 11.6. The molecule has 0 bridgehead atoms. The van der Waals surface area contributed by atoms with E-state index in [1.54, 1.807) is 4.57 Å². The van der Waals surface area contributed by atoms with Gasteiger partial charge in [-0.05, 0) is 12.1 Å². The van der Waals surface area contributed by atoms with Crippen LogP contribution in [-0.4, -0.2) is 43.1 Å². The van der Waals surface area contributed by atoms with E-state index in [0.717, 1.165) is 6.07 Å². The molecule has 0 fully saturated rings. The predicted molar refractivity (Wildman–Crippen MR) is 77.8 cm³/mol. The van der Waals surface area contributed by atoms with Crippen LogP contribution >= 0.6 is 0 Å². The van der Waals surface area contributed by atoms with Crippen LogP contribution in [0.25, 0.3) is 0 Å². The third-order valence-electron chi connectivity index (χ3n) is 3.64. The highest BCUT2D eigenvalue weighted by molar-refractivity contribution is 5.90. The Balaban J connectivity index is 1.73. The second kappa shape index (κ2) is 6.22. The molecule has 2 aromatic heterocycles. The minimum Gasteiger partial charge on any atom is -0.476 e. The van der Waals surface area contributed by atoms with Crippen LogP contribution in [-0.2, 0) is 13.1 Å². The Kier molecular flexibility index (Phi) is 4.11. The largest absolute Gasteiger partial charge is 0.476 e. The zero-order chi connectivity index (χ0) is 17.3. The molecule has 0 atom stereocenters. The van der Waals surface area contributed by atoms with Crippen LogP contribution < -0.4 is 5.32 Å². The third-order valence-corrected chi connectivity index (χ3v) is 3.64. The van der Waals surface area contributed by atoms with Crippen molar-refractivity contribution in [2.24, 2.45) is 0 Å². The molecule has 2 aromatic rings. The van der Waals surface area contributed by atoms with Gasteiger partial charge in [-0.3, -0.25) is 4.98 Å². The number of nitrogens with zero attached hydrogens (tertiary/aromatic N) is 4. The van der Waals surface area contributed by atoms with E-state index in [0.29, 0.717) is 18.8 Å². The number of carboxylic acids is 1. The van der Waals surface area contributed by atoms with Crippen LogP contribution in [0.15, 0.2) is 24.7 Å². The summed E-state index contributed by atoms with van der Waals surface area (Å²) in [6, 6.07) is 1.99. The van der Waals surface area contributed by atoms with Crippen LogP contribution in [0.5, 0.6) is 0 Å². The fourth-order valence-corrected chi connectivity index (χ4v) is 2.45. The molecular weight excluding hydrogens is 324 g/mol. The molecule has 0 spiro atoms. The first-order chi connectivity index (χ1) is 11.5. The highest BCUT2D eigenvalue weighted by Gasteiger charge is 2.26. The smallest absolute Gasteiger partial charge is 0.356 e. The highest BCUT2D eigenvalue weighted by Crippen LogP contribution is 2.21. The number of carbonyl (C=O) groups is 2. The fraction of sp³-hybridized carbons (Fsp3) is 0.286. The average Bonchev–Trinajstić information content (AvgIpc) is 2.98. The first-order valence-electron chi connectivity index (χ1n) is 7.03. The van der Waals surface area contributed by atoms with Crippen molar-refractivity contribution >= 4 is 17.7 Å². The monoisotopic (exact) mass is 337 g/mol. The number of imidazole rings is 1. The second-order valence-corrected chi connectivity index (χ2v) is 5.16. The Labute approximate surface area is 134 Å². The van der Waals surface area contributed by atoms with Crippen molar-refractivity contribution in [1.82, 2.24) is 19.4 Å². The van der Waals surface area contributed by atoms with Crippen LogP contribution in [0.2, 0.25) is 0 Å². The van der Waals surface area contributed by atoms with E-state index in [-0.39, 0.29) is 17.9 Å². The van der Waals surface area contributed by atoms with E-state index in [2.05, 4.69) is 15.3 Å². The standard InChI is InChI=1S/C14H13F2N5O3/c15-12(16)9-5-8(1-2-17-9)19-14(24)20-3-4-21-7-18-11(13(22)23)10(21)6-20/h1-2,5,7,12H,3-4,6H2,(H,22,23)(H,17,19,24). The van der Waals surface area contributed by atoms with E-state index in [9.17, 15) is 18.4 Å². The number of rotatable bonds is 3. The van der Waals surface area contributed by atoms with E-state index in [1.165, 1.54) is 23.5 Å². The highest BCUT2D eigenvalue weighted by atomic mass is 19.3. The van der Waals surface area contributed by atoms with Crippen molar-refractivity contribution in [2.75, 3.05) is 11.9 Å². The molecule has 3 rings (SSSR count). The first kappa shape index (κ1) is 15.8. The number of aromatic nitrogens is 3. The molecule has 2 amide bonds. The summed E-state index contributed by atoms with van der Waals surface area (Å²) >= 11 is 0. The lowest BCUT2D eigenvalue weighted by molar-refractivity contribution is 0.0687. The molecule has 1 aliphatic heterocycles. The molecule has 2 N–H and O–H groups in total. The summed E-state index contributed by atoms with van der Waals surface area (Å²) in [4.78, 5) is 32.2. The van der Waals surface area contributed by atoms with E-state index >= 15 is 0 Å². The van der Waals surface area contributed by atoms with Crippen molar-refractivity contribution < 1.29 is 23.5 Å². The number of carboxylic acid groups (broad SMARTS) is 1. The zero-order valence-corrected chi connectivity index (χ0v) is 12.3. The Morgan fingerprint density at radius 1 is 1.29 bits per heavy atom. The number of nitrogens with one attached hydrogen (secondary N) is 1. The number of hydrogen-bond donors (Lipinski definition) is 2. The van der Waals surface area contributed by atoms with E-state index in [4.69, 9.17) is 5.11 Å². The average molecular weight is 337 g/mol. The molecule has 24 heavy (non-hydrogen) atoms. The van der Waals surface area contributed by atoms with Gasteiger partial charge in [-0.25, -0.2) is 23.4 Å². The number of halogens is 2. The molecule has 126 valence electrons. The van der Waals surface area contributed by atoms with Crippen molar-refractivity contribution in [3.8, 4) is 0 Å². The number of aromatic carboxylic acids is 1. The number of anilines is 1. The lowest BCUT2D eigenvalue weighted by atomic mass is 10.2. The van der Waals surface area contributed by atoms with Gasteiger partial charge in [0.15, 0.2) is 5.69 Å². The van der Waals surface area contributed by atoms with E-state index < -0.39 is 24.1 Å². The molecular formula is C14H13F2N5O3. The summed E-state index contributed by atoms with van der Waals surface area (Å²) < 4.78 is 27.0. The Hall–Kier alpha value is -3.04. The van der Waals surface area contributed by atoms with Crippen molar-refractivity contribution in [1.29, 1.82) is 0 Å². The maximum atomic E-state index is 12.6. The van der Waals surface area contributed by atoms with E-state index in [1.807, 2.05) is 0 Å². The van der Waals surface area contributed by atoms with Gasteiger partial charge in [0.25, 0.3) is 6.43 Å². The first-order valence-corrected chi connectivity index (χ1v) is 7.03. The van der Waals surface area contributed by atoms with Gasteiger partial charge in [-0.15, -0.1) is 0 Å². The molecule has 3 heterocycles. The van der Waals surface area contributed by atoms with Gasteiger partial charge >= 0.3 is 12.0 Å². The van der Waals surface area contributed by atoms with Gasteiger partial charge in [0, 0.05) is 25.0 Å². The number of pyridine rings is 1. The number of amides is 2. The van der Waals surface area contributed by atoms with Crippen molar-refractivity contribution in [3.63, 3.8) is 0 Å².